The highest BCUT2D eigenvalue weighted by molar-refractivity contribution is 9.10. The van der Waals surface area contributed by atoms with Crippen LogP contribution in [0, 0.1) is 19.3 Å². The van der Waals surface area contributed by atoms with Gasteiger partial charge in [0.25, 0.3) is 0 Å². The first-order chi connectivity index (χ1) is 20.5. The van der Waals surface area contributed by atoms with E-state index < -0.39 is 6.29 Å². The normalized spacial score (nSPS) is 17.9. The number of halogens is 2. The third-order valence-electron chi connectivity index (χ3n) is 8.62. The van der Waals surface area contributed by atoms with E-state index in [0.717, 1.165) is 58.3 Å². The molecule has 0 bridgehead atoms. The Balaban J connectivity index is 1.39. The van der Waals surface area contributed by atoms with Gasteiger partial charge in [0.05, 0.1) is 41.6 Å². The van der Waals surface area contributed by atoms with E-state index in [1.807, 2.05) is 44.2 Å². The molecule has 6 rings (SSSR count). The van der Waals surface area contributed by atoms with Crippen LogP contribution in [0.25, 0.3) is 22.2 Å². The van der Waals surface area contributed by atoms with Gasteiger partial charge in [0, 0.05) is 34.3 Å². The second-order valence-electron chi connectivity index (χ2n) is 12.4. The molecule has 9 heteroatoms. The Kier molecular flexibility index (Phi) is 8.33. The van der Waals surface area contributed by atoms with Crippen LogP contribution in [0.4, 0.5) is 11.6 Å². The summed E-state index contributed by atoms with van der Waals surface area (Å²) < 4.78 is 19.1. The fourth-order valence-electron chi connectivity index (χ4n) is 5.99. The fourth-order valence-corrected chi connectivity index (χ4v) is 6.57. The minimum absolute atomic E-state index is 0.0193. The summed E-state index contributed by atoms with van der Waals surface area (Å²) in [5.74, 6) is 0.679. The largest absolute Gasteiger partial charge is 0.440 e. The number of hydrogen-bond donors (Lipinski definition) is 1. The molecule has 7 nitrogen and oxygen atoms in total. The number of anilines is 2. The molecule has 2 fully saturated rings. The van der Waals surface area contributed by atoms with E-state index in [-0.39, 0.29) is 11.5 Å². The summed E-state index contributed by atoms with van der Waals surface area (Å²) in [6.07, 6.45) is 1.67. The zero-order valence-corrected chi connectivity index (χ0v) is 27.6. The number of nitrogens with zero attached hydrogens (tertiary/aromatic N) is 2. The van der Waals surface area contributed by atoms with Crippen LogP contribution in [0.1, 0.15) is 68.2 Å². The predicted molar refractivity (Wildman–Crippen MR) is 176 cm³/mol. The van der Waals surface area contributed by atoms with Crippen LogP contribution in [0.2, 0.25) is 5.15 Å². The van der Waals surface area contributed by atoms with Gasteiger partial charge in [-0.3, -0.25) is 4.79 Å². The van der Waals surface area contributed by atoms with E-state index >= 15 is 0 Å². The van der Waals surface area contributed by atoms with E-state index in [1.165, 1.54) is 0 Å². The molecule has 43 heavy (non-hydrogen) atoms. The summed E-state index contributed by atoms with van der Waals surface area (Å²) >= 11 is 10.0. The van der Waals surface area contributed by atoms with Gasteiger partial charge in [-0.1, -0.05) is 53.5 Å². The molecule has 2 aliphatic heterocycles. The maximum atomic E-state index is 13.7. The lowest BCUT2D eigenvalue weighted by Gasteiger charge is -2.37. The van der Waals surface area contributed by atoms with Gasteiger partial charge in [0.2, 0.25) is 5.88 Å². The van der Waals surface area contributed by atoms with Crippen LogP contribution in [-0.4, -0.2) is 31.3 Å². The number of rotatable bonds is 6. The van der Waals surface area contributed by atoms with Crippen molar-refractivity contribution in [2.75, 3.05) is 36.5 Å². The van der Waals surface area contributed by atoms with Crippen molar-refractivity contribution in [1.29, 1.82) is 0 Å². The molecule has 226 valence electrons. The fraction of sp³-hybridized carbons (Fsp3) is 0.412. The zero-order valence-electron chi connectivity index (χ0n) is 25.2. The first-order valence-corrected chi connectivity index (χ1v) is 16.0. The van der Waals surface area contributed by atoms with Crippen molar-refractivity contribution in [3.05, 3.63) is 84.6 Å². The zero-order chi connectivity index (χ0) is 30.5. The van der Waals surface area contributed by atoms with E-state index in [1.54, 1.807) is 6.07 Å². The first-order valence-electron chi connectivity index (χ1n) is 14.8. The Morgan fingerprint density at radius 1 is 1.07 bits per heavy atom. The van der Waals surface area contributed by atoms with Gasteiger partial charge >= 0.3 is 0 Å². The lowest BCUT2D eigenvalue weighted by molar-refractivity contribution is -0.0446. The number of nitrogens with one attached hydrogen (secondary N) is 1. The van der Waals surface area contributed by atoms with Crippen molar-refractivity contribution >= 4 is 50.1 Å². The molecular weight excluding hydrogens is 630 g/mol. The number of pyridine rings is 1. The minimum Gasteiger partial charge on any atom is -0.440 e. The number of piperidine rings is 1. The summed E-state index contributed by atoms with van der Waals surface area (Å²) in [5, 5.41) is 4.64. The molecule has 2 saturated heterocycles. The molecule has 0 aliphatic carbocycles. The molecule has 1 atom stereocenters. The SMILES string of the molecule is Cc1cc(C(C)Nc2ccc(Cl)nc2-c2ccc(Br)c(C3OCCO3)c2)c2oc(N3CCC(C)(C)CC3)c(C)c(=O)c2c1. The molecule has 1 N–H and O–H groups in total. The van der Waals surface area contributed by atoms with Crippen molar-refractivity contribution in [3.8, 4) is 11.3 Å². The summed E-state index contributed by atoms with van der Waals surface area (Å²) in [4.78, 5) is 20.6. The van der Waals surface area contributed by atoms with Gasteiger partial charge in [-0.05, 0) is 74.9 Å². The molecule has 0 spiro atoms. The van der Waals surface area contributed by atoms with Crippen LogP contribution in [0.5, 0.6) is 0 Å². The molecular formula is C34H37BrClN3O4. The highest BCUT2D eigenvalue weighted by Gasteiger charge is 2.29. The standard InChI is InChI=1S/C34H37BrClN3O4/c1-19-16-23(31-25(17-19)30(40)20(2)32(43-31)39-12-10-34(4,5)11-13-39)21(3)37-27-8-9-28(36)38-29(27)22-6-7-26(35)24(18-22)33-41-14-15-42-33/h6-9,16-18,21,33,37H,10-15H2,1-5H3. The van der Waals surface area contributed by atoms with Gasteiger partial charge < -0.3 is 24.1 Å². The van der Waals surface area contributed by atoms with Crippen molar-refractivity contribution in [1.82, 2.24) is 4.98 Å². The van der Waals surface area contributed by atoms with Gasteiger partial charge in [-0.2, -0.15) is 0 Å². The molecule has 4 aromatic rings. The quantitative estimate of drug-likeness (QED) is 0.206. The molecule has 0 radical (unpaired) electrons. The average molecular weight is 667 g/mol. The van der Waals surface area contributed by atoms with Crippen molar-refractivity contribution in [2.24, 2.45) is 5.41 Å². The molecule has 2 aromatic carbocycles. The Morgan fingerprint density at radius 2 is 1.79 bits per heavy atom. The van der Waals surface area contributed by atoms with E-state index in [4.69, 9.17) is 30.5 Å². The maximum absolute atomic E-state index is 13.7. The third kappa shape index (κ3) is 6.07. The topological polar surface area (TPSA) is 76.8 Å². The van der Waals surface area contributed by atoms with Gasteiger partial charge in [0.1, 0.15) is 10.7 Å². The van der Waals surface area contributed by atoms with Crippen molar-refractivity contribution < 1.29 is 13.9 Å². The third-order valence-corrected chi connectivity index (χ3v) is 9.55. The van der Waals surface area contributed by atoms with Crippen LogP contribution >= 0.6 is 27.5 Å². The number of aromatic nitrogens is 1. The van der Waals surface area contributed by atoms with E-state index in [9.17, 15) is 4.79 Å². The monoisotopic (exact) mass is 665 g/mol. The highest BCUT2D eigenvalue weighted by Crippen LogP contribution is 2.39. The van der Waals surface area contributed by atoms with Gasteiger partial charge in [0.15, 0.2) is 11.7 Å². The van der Waals surface area contributed by atoms with Crippen LogP contribution in [0.15, 0.2) is 56.1 Å². The average Bonchev–Trinajstić information content (AvgIpc) is 3.51. The number of benzene rings is 2. The Hall–Kier alpha value is -2.91. The Labute approximate surface area is 265 Å². The van der Waals surface area contributed by atoms with Gasteiger partial charge in [-0.25, -0.2) is 4.98 Å². The molecule has 0 saturated carbocycles. The summed E-state index contributed by atoms with van der Waals surface area (Å²) in [6, 6.07) is 13.5. The molecule has 0 amide bonds. The number of fused-ring (bicyclic) bond motifs is 1. The maximum Gasteiger partial charge on any atom is 0.202 e. The predicted octanol–water partition coefficient (Wildman–Crippen LogP) is 8.73. The Morgan fingerprint density at radius 3 is 2.51 bits per heavy atom. The lowest BCUT2D eigenvalue weighted by Crippen LogP contribution is -2.38. The molecule has 4 heterocycles. The molecule has 2 aromatic heterocycles. The van der Waals surface area contributed by atoms with E-state index in [2.05, 4.69) is 53.0 Å². The minimum atomic E-state index is -0.436. The second kappa shape index (κ2) is 11.9. The van der Waals surface area contributed by atoms with Crippen LogP contribution in [-0.2, 0) is 9.47 Å². The Bertz CT molecular complexity index is 1740. The second-order valence-corrected chi connectivity index (χ2v) is 13.7. The number of ether oxygens (including phenoxy) is 2. The van der Waals surface area contributed by atoms with Crippen LogP contribution in [0.3, 0.4) is 0 Å². The molecule has 2 aliphatic rings. The summed E-state index contributed by atoms with van der Waals surface area (Å²) in [5.41, 5.74) is 6.78. The van der Waals surface area contributed by atoms with Crippen molar-refractivity contribution in [3.63, 3.8) is 0 Å². The number of hydrogen-bond acceptors (Lipinski definition) is 7. The van der Waals surface area contributed by atoms with Crippen LogP contribution < -0.4 is 15.6 Å². The number of aryl methyl sites for hydroxylation is 1. The summed E-state index contributed by atoms with van der Waals surface area (Å²) in [7, 11) is 0. The van der Waals surface area contributed by atoms with Gasteiger partial charge in [-0.15, -0.1) is 0 Å². The lowest BCUT2D eigenvalue weighted by atomic mass is 9.82. The first kappa shape index (κ1) is 30.1. The van der Waals surface area contributed by atoms with Crippen molar-refractivity contribution in [2.45, 2.75) is 59.8 Å². The molecule has 1 unspecified atom stereocenters. The van der Waals surface area contributed by atoms with E-state index in [0.29, 0.717) is 51.9 Å². The highest BCUT2D eigenvalue weighted by atomic mass is 79.9. The summed E-state index contributed by atoms with van der Waals surface area (Å²) in [6.45, 7) is 13.4. The smallest absolute Gasteiger partial charge is 0.202 e.